The zero-order chi connectivity index (χ0) is 16.7. The van der Waals surface area contributed by atoms with Crippen LogP contribution in [0.4, 0.5) is 0 Å². The highest BCUT2D eigenvalue weighted by atomic mass is 16.5. The maximum Gasteiger partial charge on any atom is 0.316 e. The van der Waals surface area contributed by atoms with Crippen molar-refractivity contribution >= 4 is 0 Å². The second kappa shape index (κ2) is 5.85. The summed E-state index contributed by atoms with van der Waals surface area (Å²) in [7, 11) is 0. The Morgan fingerprint density at radius 3 is 2.54 bits per heavy atom. The molecule has 24 heavy (non-hydrogen) atoms. The smallest absolute Gasteiger partial charge is 0.316 e. The van der Waals surface area contributed by atoms with Crippen LogP contribution in [0.15, 0.2) is 18.2 Å². The average molecular weight is 324 g/mol. The summed E-state index contributed by atoms with van der Waals surface area (Å²) in [5.41, 5.74) is 7.50. The molecule has 1 aliphatic heterocycles. The Morgan fingerprint density at radius 2 is 1.88 bits per heavy atom. The number of hydrogen-bond acceptors (Lipinski definition) is 4. The van der Waals surface area contributed by atoms with Crippen LogP contribution in [0.5, 0.6) is 6.01 Å². The summed E-state index contributed by atoms with van der Waals surface area (Å²) in [6, 6.07) is 7.08. The highest BCUT2D eigenvalue weighted by Crippen LogP contribution is 2.35. The highest BCUT2D eigenvalue weighted by Gasteiger charge is 2.34. The summed E-state index contributed by atoms with van der Waals surface area (Å²) in [6.07, 6.45) is 3.58. The molecule has 4 nitrogen and oxygen atoms in total. The van der Waals surface area contributed by atoms with E-state index in [4.69, 9.17) is 9.47 Å². The molecule has 0 spiro atoms. The van der Waals surface area contributed by atoms with Gasteiger partial charge in [-0.1, -0.05) is 25.1 Å². The van der Waals surface area contributed by atoms with E-state index in [0.717, 1.165) is 31.0 Å². The van der Waals surface area contributed by atoms with Gasteiger partial charge in [0.1, 0.15) is 6.61 Å². The molecule has 2 heterocycles. The van der Waals surface area contributed by atoms with Gasteiger partial charge in [-0.05, 0) is 49.8 Å². The minimum Gasteiger partial charge on any atom is -0.463 e. The van der Waals surface area contributed by atoms with Gasteiger partial charge in [0.15, 0.2) is 0 Å². The molecule has 0 radical (unpaired) electrons. The maximum absolute atomic E-state index is 5.86. The Bertz CT molecular complexity index is 758. The van der Waals surface area contributed by atoms with E-state index in [0.29, 0.717) is 12.6 Å². The molecular weight excluding hydrogens is 300 g/mol. The van der Waals surface area contributed by atoms with Gasteiger partial charge < -0.3 is 9.47 Å². The van der Waals surface area contributed by atoms with Gasteiger partial charge in [-0.3, -0.25) is 0 Å². The number of aryl methyl sites for hydroxylation is 3. The molecule has 2 aromatic rings. The van der Waals surface area contributed by atoms with E-state index in [1.54, 1.807) is 0 Å². The largest absolute Gasteiger partial charge is 0.463 e. The van der Waals surface area contributed by atoms with Gasteiger partial charge >= 0.3 is 6.01 Å². The van der Waals surface area contributed by atoms with Crippen molar-refractivity contribution in [1.29, 1.82) is 0 Å². The second-order valence-electron chi connectivity index (χ2n) is 7.44. The molecule has 1 aromatic carbocycles. The second-order valence-corrected chi connectivity index (χ2v) is 7.44. The molecule has 1 saturated heterocycles. The zero-order valence-corrected chi connectivity index (χ0v) is 14.7. The number of rotatable bonds is 4. The lowest BCUT2D eigenvalue weighted by Crippen LogP contribution is -2.44. The SMILES string of the molecule is Cc1nc(OCC2(C)COC2)nc(C)c1-c1cccc2c1CCC2. The van der Waals surface area contributed by atoms with Crippen LogP contribution in [0.3, 0.4) is 0 Å². The number of fused-ring (bicyclic) bond motifs is 1. The predicted octanol–water partition coefficient (Wildman–Crippen LogP) is 3.66. The Labute approximate surface area is 143 Å². The Hall–Kier alpha value is -1.94. The molecule has 126 valence electrons. The minimum atomic E-state index is 0.101. The minimum absolute atomic E-state index is 0.101. The van der Waals surface area contributed by atoms with E-state index in [9.17, 15) is 0 Å². The monoisotopic (exact) mass is 324 g/mol. The average Bonchev–Trinajstić information content (AvgIpc) is 3.00. The summed E-state index contributed by atoms with van der Waals surface area (Å²) in [5.74, 6) is 0. The van der Waals surface area contributed by atoms with Gasteiger partial charge in [-0.15, -0.1) is 0 Å². The van der Waals surface area contributed by atoms with Crippen LogP contribution in [0, 0.1) is 19.3 Å². The molecular formula is C20H24N2O2. The van der Waals surface area contributed by atoms with Crippen molar-refractivity contribution in [3.8, 4) is 17.1 Å². The van der Waals surface area contributed by atoms with Crippen LogP contribution in [-0.2, 0) is 17.6 Å². The molecule has 2 aliphatic rings. The van der Waals surface area contributed by atoms with E-state index in [1.165, 1.54) is 35.1 Å². The van der Waals surface area contributed by atoms with Crippen LogP contribution in [0.25, 0.3) is 11.1 Å². The van der Waals surface area contributed by atoms with Crippen molar-refractivity contribution < 1.29 is 9.47 Å². The third-order valence-corrected chi connectivity index (χ3v) is 5.12. The lowest BCUT2D eigenvalue weighted by molar-refractivity contribution is -0.121. The van der Waals surface area contributed by atoms with Gasteiger partial charge in [-0.2, -0.15) is 9.97 Å². The van der Waals surface area contributed by atoms with Crippen LogP contribution in [0.2, 0.25) is 0 Å². The fourth-order valence-electron chi connectivity index (χ4n) is 3.77. The van der Waals surface area contributed by atoms with E-state index in [2.05, 4.69) is 48.9 Å². The first kappa shape index (κ1) is 15.6. The lowest BCUT2D eigenvalue weighted by Gasteiger charge is -2.37. The lowest BCUT2D eigenvalue weighted by atomic mass is 9.90. The fraction of sp³-hybridized carbons (Fsp3) is 0.500. The Morgan fingerprint density at radius 1 is 1.12 bits per heavy atom. The van der Waals surface area contributed by atoms with Crippen molar-refractivity contribution in [2.75, 3.05) is 19.8 Å². The highest BCUT2D eigenvalue weighted by molar-refractivity contribution is 5.73. The van der Waals surface area contributed by atoms with Crippen molar-refractivity contribution in [2.45, 2.75) is 40.0 Å². The fourth-order valence-corrected chi connectivity index (χ4v) is 3.77. The summed E-state index contributed by atoms with van der Waals surface area (Å²) in [4.78, 5) is 9.25. The standard InChI is InChI=1S/C20H24N2O2/c1-13-18(17-9-5-7-15-6-4-8-16(15)17)14(2)22-19(21-13)24-12-20(3)10-23-11-20/h5,7,9H,4,6,8,10-12H2,1-3H3. The van der Waals surface area contributed by atoms with Gasteiger partial charge in [0, 0.05) is 11.0 Å². The third kappa shape index (κ3) is 2.69. The first-order chi connectivity index (χ1) is 11.6. The molecule has 1 aromatic heterocycles. The summed E-state index contributed by atoms with van der Waals surface area (Å²) in [5, 5.41) is 0. The van der Waals surface area contributed by atoms with Crippen molar-refractivity contribution in [3.63, 3.8) is 0 Å². The summed E-state index contributed by atoms with van der Waals surface area (Å²) < 4.78 is 11.1. The normalized spacial score (nSPS) is 18.1. The number of aromatic nitrogens is 2. The van der Waals surface area contributed by atoms with E-state index in [1.807, 2.05) is 0 Å². The first-order valence-corrected chi connectivity index (χ1v) is 8.73. The topological polar surface area (TPSA) is 44.2 Å². The molecule has 4 heteroatoms. The molecule has 1 aliphatic carbocycles. The van der Waals surface area contributed by atoms with Gasteiger partial charge in [0.05, 0.1) is 24.6 Å². The molecule has 0 N–H and O–H groups in total. The molecule has 0 bridgehead atoms. The number of hydrogen-bond donors (Lipinski definition) is 0. The summed E-state index contributed by atoms with van der Waals surface area (Å²) >= 11 is 0. The molecule has 0 unspecified atom stereocenters. The number of nitrogens with zero attached hydrogens (tertiary/aromatic N) is 2. The zero-order valence-electron chi connectivity index (χ0n) is 14.7. The molecule has 4 rings (SSSR count). The van der Waals surface area contributed by atoms with Crippen LogP contribution in [-0.4, -0.2) is 29.8 Å². The number of ether oxygens (including phenoxy) is 2. The van der Waals surface area contributed by atoms with E-state index in [-0.39, 0.29) is 5.41 Å². The van der Waals surface area contributed by atoms with Crippen LogP contribution in [0.1, 0.15) is 35.9 Å². The van der Waals surface area contributed by atoms with Crippen molar-refractivity contribution in [3.05, 3.63) is 40.7 Å². The van der Waals surface area contributed by atoms with Crippen molar-refractivity contribution in [1.82, 2.24) is 9.97 Å². The maximum atomic E-state index is 5.86. The quantitative estimate of drug-likeness (QED) is 0.861. The van der Waals surface area contributed by atoms with E-state index < -0.39 is 0 Å². The van der Waals surface area contributed by atoms with Crippen LogP contribution < -0.4 is 4.74 Å². The van der Waals surface area contributed by atoms with Gasteiger partial charge in [0.2, 0.25) is 0 Å². The molecule has 1 fully saturated rings. The Balaban J connectivity index is 1.64. The molecule has 0 atom stereocenters. The first-order valence-electron chi connectivity index (χ1n) is 8.73. The number of benzene rings is 1. The Kier molecular flexibility index (Phi) is 3.80. The molecule has 0 amide bonds. The van der Waals surface area contributed by atoms with Crippen molar-refractivity contribution in [2.24, 2.45) is 5.41 Å². The summed E-state index contributed by atoms with van der Waals surface area (Å²) in [6.45, 7) is 8.38. The third-order valence-electron chi connectivity index (χ3n) is 5.12. The van der Waals surface area contributed by atoms with Gasteiger partial charge in [-0.25, -0.2) is 0 Å². The van der Waals surface area contributed by atoms with E-state index >= 15 is 0 Å². The predicted molar refractivity (Wildman–Crippen MR) is 93.4 cm³/mol. The van der Waals surface area contributed by atoms with Gasteiger partial charge in [0.25, 0.3) is 0 Å². The molecule has 0 saturated carbocycles. The van der Waals surface area contributed by atoms with Crippen LogP contribution >= 0.6 is 0 Å².